The summed E-state index contributed by atoms with van der Waals surface area (Å²) in [4.78, 5) is 0. The van der Waals surface area contributed by atoms with E-state index >= 15 is 0 Å². The second-order valence-electron chi connectivity index (χ2n) is 6.08. The minimum absolute atomic E-state index is 0.806. The molecule has 0 spiro atoms. The van der Waals surface area contributed by atoms with E-state index in [4.69, 9.17) is 0 Å². The van der Waals surface area contributed by atoms with Gasteiger partial charge in [0.2, 0.25) is 0 Å². The molecular weight excluding hydrogens is 272 g/mol. The number of hydrogen-bond acceptors (Lipinski definition) is 2. The Labute approximate surface area is 129 Å². The van der Waals surface area contributed by atoms with Gasteiger partial charge in [-0.1, -0.05) is 48.6 Å². The molecule has 0 fully saturated rings. The first-order valence-electron chi connectivity index (χ1n) is 7.58. The fourth-order valence-corrected chi connectivity index (χ4v) is 3.69. The Balaban J connectivity index is 2.22. The maximum Gasteiger partial charge on any atom is 0.109 e. The molecule has 2 nitrogen and oxygen atoms in total. The lowest BCUT2D eigenvalue weighted by Crippen LogP contribution is -2.19. The molecule has 0 saturated carbocycles. The maximum absolute atomic E-state index is 10.3. The summed E-state index contributed by atoms with van der Waals surface area (Å²) in [5.74, 6) is 0. The topological polar surface area (TPSA) is 40.5 Å². The molecule has 2 N–H and O–H groups in total. The number of fused-ring (bicyclic) bond motifs is 4. The lowest BCUT2D eigenvalue weighted by atomic mass is 9.84. The fraction of sp³-hybridized carbons (Fsp3) is 0.200. The quantitative estimate of drug-likeness (QED) is 0.614. The van der Waals surface area contributed by atoms with Crippen molar-refractivity contribution in [2.45, 2.75) is 26.1 Å². The Morgan fingerprint density at radius 1 is 0.818 bits per heavy atom. The Morgan fingerprint density at radius 2 is 1.50 bits per heavy atom. The summed E-state index contributed by atoms with van der Waals surface area (Å²) < 4.78 is 0. The first-order chi connectivity index (χ1) is 10.6. The normalized spacial score (nSPS) is 20.5. The van der Waals surface area contributed by atoms with Gasteiger partial charge in [0.15, 0.2) is 0 Å². The van der Waals surface area contributed by atoms with Crippen molar-refractivity contribution in [2.75, 3.05) is 0 Å². The molecule has 0 saturated heterocycles. The van der Waals surface area contributed by atoms with Gasteiger partial charge in [-0.2, -0.15) is 0 Å². The lowest BCUT2D eigenvalue weighted by Gasteiger charge is -2.24. The highest BCUT2D eigenvalue weighted by atomic mass is 16.3. The molecule has 0 amide bonds. The zero-order chi connectivity index (χ0) is 15.4. The van der Waals surface area contributed by atoms with E-state index in [1.165, 1.54) is 32.7 Å². The molecule has 2 heteroatoms. The summed E-state index contributed by atoms with van der Waals surface area (Å²) in [5.41, 5.74) is 4.32. The largest absolute Gasteiger partial charge is 0.386 e. The standard InChI is InChI=1S/C20H18O2/c1-11-13-5-3-4-6-14(13)12(2)19-15(11)7-8-17-16(19)9-10-18(21)20(17)22/h3-10,18,20-22H,1-2H3/t18-,20-/m0/s1. The van der Waals surface area contributed by atoms with Crippen LogP contribution in [-0.2, 0) is 0 Å². The van der Waals surface area contributed by atoms with Crippen LogP contribution in [0.4, 0.5) is 0 Å². The van der Waals surface area contributed by atoms with Crippen LogP contribution in [0.5, 0.6) is 0 Å². The molecule has 2 atom stereocenters. The number of hydrogen-bond donors (Lipinski definition) is 2. The van der Waals surface area contributed by atoms with E-state index in [0.29, 0.717) is 0 Å². The predicted octanol–water partition coefficient (Wildman–Crippen LogP) is 4.03. The van der Waals surface area contributed by atoms with Crippen LogP contribution >= 0.6 is 0 Å². The number of aryl methyl sites for hydroxylation is 2. The fourth-order valence-electron chi connectivity index (χ4n) is 3.69. The van der Waals surface area contributed by atoms with Crippen LogP contribution in [0.1, 0.15) is 28.4 Å². The SMILES string of the molecule is Cc1c2ccccc2c(C)c2c3c(ccc12)[C@H](O)[C@@H](O)C=C3. The van der Waals surface area contributed by atoms with Gasteiger partial charge in [0.1, 0.15) is 12.2 Å². The third-order valence-electron chi connectivity index (χ3n) is 4.90. The zero-order valence-electron chi connectivity index (χ0n) is 12.7. The number of aliphatic hydroxyl groups excluding tert-OH is 2. The van der Waals surface area contributed by atoms with Crippen molar-refractivity contribution in [3.05, 3.63) is 64.7 Å². The van der Waals surface area contributed by atoms with Crippen LogP contribution in [0.2, 0.25) is 0 Å². The third kappa shape index (κ3) is 1.68. The molecule has 0 aromatic heterocycles. The van der Waals surface area contributed by atoms with Crippen LogP contribution in [-0.4, -0.2) is 16.3 Å². The second kappa shape index (κ2) is 4.67. The molecular formula is C20H18O2. The summed E-state index contributed by atoms with van der Waals surface area (Å²) in [6.45, 7) is 4.28. The summed E-state index contributed by atoms with van der Waals surface area (Å²) in [7, 11) is 0. The third-order valence-corrected chi connectivity index (χ3v) is 4.90. The van der Waals surface area contributed by atoms with Gasteiger partial charge in [-0.05, 0) is 57.6 Å². The van der Waals surface area contributed by atoms with E-state index in [1.807, 2.05) is 12.1 Å². The average molecular weight is 290 g/mol. The second-order valence-corrected chi connectivity index (χ2v) is 6.08. The van der Waals surface area contributed by atoms with Crippen molar-refractivity contribution < 1.29 is 10.2 Å². The molecule has 0 radical (unpaired) electrons. The van der Waals surface area contributed by atoms with Gasteiger partial charge >= 0.3 is 0 Å². The van der Waals surface area contributed by atoms with Gasteiger partial charge in [0.25, 0.3) is 0 Å². The van der Waals surface area contributed by atoms with Crippen molar-refractivity contribution >= 4 is 27.6 Å². The van der Waals surface area contributed by atoms with Crippen molar-refractivity contribution in [3.8, 4) is 0 Å². The monoisotopic (exact) mass is 290 g/mol. The highest BCUT2D eigenvalue weighted by Gasteiger charge is 2.24. The van der Waals surface area contributed by atoms with Gasteiger partial charge < -0.3 is 10.2 Å². The highest BCUT2D eigenvalue weighted by molar-refractivity contribution is 6.08. The van der Waals surface area contributed by atoms with E-state index in [0.717, 1.165) is 11.1 Å². The average Bonchev–Trinajstić information content (AvgIpc) is 2.55. The van der Waals surface area contributed by atoms with Crippen LogP contribution in [0.15, 0.2) is 42.5 Å². The molecule has 3 aromatic carbocycles. The Hall–Kier alpha value is -2.16. The van der Waals surface area contributed by atoms with Crippen LogP contribution in [0.3, 0.4) is 0 Å². The van der Waals surface area contributed by atoms with Gasteiger partial charge in [-0.3, -0.25) is 0 Å². The molecule has 0 aliphatic heterocycles. The molecule has 22 heavy (non-hydrogen) atoms. The lowest BCUT2D eigenvalue weighted by molar-refractivity contribution is 0.0471. The molecule has 1 aliphatic rings. The van der Waals surface area contributed by atoms with Gasteiger partial charge in [0, 0.05) is 0 Å². The molecule has 4 rings (SSSR count). The number of aliphatic hydroxyl groups is 2. The molecule has 110 valence electrons. The Morgan fingerprint density at radius 3 is 2.23 bits per heavy atom. The summed E-state index contributed by atoms with van der Waals surface area (Å²) in [6.07, 6.45) is 1.94. The Kier molecular flexibility index (Phi) is 2.86. The first kappa shape index (κ1) is 13.5. The first-order valence-corrected chi connectivity index (χ1v) is 7.58. The Bertz CT molecular complexity index is 937. The van der Waals surface area contributed by atoms with Crippen molar-refractivity contribution in [1.82, 2.24) is 0 Å². The summed E-state index contributed by atoms with van der Waals surface area (Å²) in [5, 5.41) is 25.0. The molecule has 0 bridgehead atoms. The highest BCUT2D eigenvalue weighted by Crippen LogP contribution is 2.39. The molecule has 1 aliphatic carbocycles. The van der Waals surface area contributed by atoms with E-state index in [9.17, 15) is 10.2 Å². The minimum atomic E-state index is -0.851. The smallest absolute Gasteiger partial charge is 0.109 e. The van der Waals surface area contributed by atoms with Gasteiger partial charge in [-0.15, -0.1) is 0 Å². The predicted molar refractivity (Wildman–Crippen MR) is 90.9 cm³/mol. The van der Waals surface area contributed by atoms with Crippen molar-refractivity contribution in [2.24, 2.45) is 0 Å². The molecule has 3 aromatic rings. The molecule has 0 heterocycles. The van der Waals surface area contributed by atoms with Crippen molar-refractivity contribution in [1.29, 1.82) is 0 Å². The van der Waals surface area contributed by atoms with Crippen LogP contribution in [0.25, 0.3) is 27.6 Å². The van der Waals surface area contributed by atoms with Crippen molar-refractivity contribution in [3.63, 3.8) is 0 Å². The van der Waals surface area contributed by atoms with E-state index in [2.05, 4.69) is 44.2 Å². The van der Waals surface area contributed by atoms with E-state index in [1.54, 1.807) is 6.08 Å². The van der Waals surface area contributed by atoms with Gasteiger partial charge in [0.05, 0.1) is 0 Å². The van der Waals surface area contributed by atoms with Crippen LogP contribution < -0.4 is 0 Å². The maximum atomic E-state index is 10.3. The van der Waals surface area contributed by atoms with Crippen LogP contribution in [0, 0.1) is 13.8 Å². The number of rotatable bonds is 0. The number of benzene rings is 3. The van der Waals surface area contributed by atoms with E-state index in [-0.39, 0.29) is 0 Å². The summed E-state index contributed by atoms with van der Waals surface area (Å²) in [6, 6.07) is 12.4. The molecule has 0 unspecified atom stereocenters. The minimum Gasteiger partial charge on any atom is -0.386 e. The van der Waals surface area contributed by atoms with E-state index < -0.39 is 12.2 Å². The van der Waals surface area contributed by atoms with Gasteiger partial charge in [-0.25, -0.2) is 0 Å². The zero-order valence-corrected chi connectivity index (χ0v) is 12.7. The summed E-state index contributed by atoms with van der Waals surface area (Å²) >= 11 is 0.